The van der Waals surface area contributed by atoms with E-state index in [1.165, 1.54) is 32.9 Å². The molecule has 1 N–H and O–H groups in total. The Labute approximate surface area is 165 Å². The summed E-state index contributed by atoms with van der Waals surface area (Å²) in [5.41, 5.74) is 5.09. The molecule has 0 aliphatic carbocycles. The minimum absolute atomic E-state index is 0.139. The molecule has 0 fully saturated rings. The summed E-state index contributed by atoms with van der Waals surface area (Å²) in [7, 11) is 4.14. The Hall–Kier alpha value is -3.01. The van der Waals surface area contributed by atoms with Crippen LogP contribution in [0.1, 0.15) is 24.0 Å². The molecule has 0 spiro atoms. The van der Waals surface area contributed by atoms with Crippen LogP contribution in [0, 0.1) is 0 Å². The fourth-order valence-corrected chi connectivity index (χ4v) is 4.11. The number of benzene rings is 2. The molecule has 144 valence electrons. The highest BCUT2D eigenvalue weighted by Crippen LogP contribution is 2.22. The van der Waals surface area contributed by atoms with Crippen molar-refractivity contribution in [1.29, 1.82) is 0 Å². The Kier molecular flexibility index (Phi) is 5.20. The van der Waals surface area contributed by atoms with Gasteiger partial charge in [-0.3, -0.25) is 4.79 Å². The van der Waals surface area contributed by atoms with Crippen LogP contribution in [0.5, 0.6) is 0 Å². The van der Waals surface area contributed by atoms with Crippen molar-refractivity contribution in [2.45, 2.75) is 25.7 Å². The number of rotatable bonds is 7. The number of hydrogen-bond acceptors (Lipinski definition) is 1. The third kappa shape index (κ3) is 3.68. The molecular weight excluding hydrogens is 346 g/mol. The van der Waals surface area contributed by atoms with E-state index in [0.29, 0.717) is 13.0 Å². The maximum absolute atomic E-state index is 12.2. The van der Waals surface area contributed by atoms with Gasteiger partial charge >= 0.3 is 0 Å². The van der Waals surface area contributed by atoms with Gasteiger partial charge in [0.25, 0.3) is 0 Å². The van der Waals surface area contributed by atoms with Crippen molar-refractivity contribution in [1.82, 2.24) is 14.5 Å². The minimum Gasteiger partial charge on any atom is -0.356 e. The van der Waals surface area contributed by atoms with E-state index in [-0.39, 0.29) is 5.91 Å². The second kappa shape index (κ2) is 7.93. The minimum atomic E-state index is 0.139. The van der Waals surface area contributed by atoms with E-state index in [0.717, 1.165) is 19.3 Å². The molecule has 0 bridgehead atoms. The Morgan fingerprint density at radius 3 is 1.96 bits per heavy atom. The average molecular weight is 374 g/mol. The van der Waals surface area contributed by atoms with Gasteiger partial charge in [0.1, 0.15) is 0 Å². The first-order valence-corrected chi connectivity index (χ1v) is 9.96. The summed E-state index contributed by atoms with van der Waals surface area (Å²) in [6.45, 7) is 0.682. The predicted octanol–water partition coefficient (Wildman–Crippen LogP) is 4.35. The van der Waals surface area contributed by atoms with Crippen LogP contribution in [0.15, 0.2) is 60.9 Å². The number of carbonyl (C=O) groups is 1. The number of carbonyl (C=O) groups excluding carboxylic acids is 1. The second-order valence-electron chi connectivity index (χ2n) is 7.52. The van der Waals surface area contributed by atoms with Crippen molar-refractivity contribution in [2.75, 3.05) is 6.54 Å². The smallest absolute Gasteiger partial charge is 0.220 e. The molecule has 4 heteroatoms. The van der Waals surface area contributed by atoms with E-state index < -0.39 is 0 Å². The van der Waals surface area contributed by atoms with E-state index in [4.69, 9.17) is 0 Å². The van der Waals surface area contributed by atoms with Crippen molar-refractivity contribution in [2.24, 2.45) is 14.1 Å². The third-order valence-electron chi connectivity index (χ3n) is 5.53. The van der Waals surface area contributed by atoms with Crippen molar-refractivity contribution in [3.63, 3.8) is 0 Å². The van der Waals surface area contributed by atoms with Gasteiger partial charge in [-0.1, -0.05) is 36.4 Å². The summed E-state index contributed by atoms with van der Waals surface area (Å²) in [4.78, 5) is 12.2. The zero-order valence-electron chi connectivity index (χ0n) is 16.6. The summed E-state index contributed by atoms with van der Waals surface area (Å²) in [5.74, 6) is 0.139. The molecule has 4 aromatic rings. The Morgan fingerprint density at radius 2 is 1.36 bits per heavy atom. The fraction of sp³-hybridized carbons (Fsp3) is 0.292. The van der Waals surface area contributed by atoms with Crippen LogP contribution in [0.25, 0.3) is 21.8 Å². The van der Waals surface area contributed by atoms with E-state index >= 15 is 0 Å². The number of nitrogens with zero attached hydrogens (tertiary/aromatic N) is 2. The van der Waals surface area contributed by atoms with Gasteiger partial charge in [-0.2, -0.15) is 0 Å². The summed E-state index contributed by atoms with van der Waals surface area (Å²) >= 11 is 0. The van der Waals surface area contributed by atoms with Crippen molar-refractivity contribution >= 4 is 27.7 Å². The molecule has 4 rings (SSSR count). The number of fused-ring (bicyclic) bond motifs is 2. The Morgan fingerprint density at radius 1 is 0.821 bits per heavy atom. The summed E-state index contributed by atoms with van der Waals surface area (Å²) < 4.78 is 4.31. The molecule has 0 aliphatic heterocycles. The van der Waals surface area contributed by atoms with Gasteiger partial charge in [0.15, 0.2) is 0 Å². The molecule has 0 atom stereocenters. The van der Waals surface area contributed by atoms with E-state index in [1.54, 1.807) is 0 Å². The highest BCUT2D eigenvalue weighted by Gasteiger charge is 2.09. The average Bonchev–Trinajstić information content (AvgIpc) is 3.20. The molecule has 0 saturated carbocycles. The fourth-order valence-electron chi connectivity index (χ4n) is 4.11. The van der Waals surface area contributed by atoms with Crippen LogP contribution in [0.4, 0.5) is 0 Å². The molecule has 28 heavy (non-hydrogen) atoms. The lowest BCUT2D eigenvalue weighted by molar-refractivity contribution is -0.121. The maximum Gasteiger partial charge on any atom is 0.220 e. The SMILES string of the molecule is Cn1cc(CCCC(=O)NCCc2cn(C)c3ccccc23)c2ccccc21. The van der Waals surface area contributed by atoms with Crippen LogP contribution in [-0.2, 0) is 31.7 Å². The van der Waals surface area contributed by atoms with Crippen LogP contribution in [0.3, 0.4) is 0 Å². The number of para-hydroxylation sites is 2. The molecule has 2 aromatic carbocycles. The van der Waals surface area contributed by atoms with Gasteiger partial charge < -0.3 is 14.5 Å². The molecule has 4 nitrogen and oxygen atoms in total. The molecule has 2 aromatic heterocycles. The normalized spacial score (nSPS) is 11.4. The highest BCUT2D eigenvalue weighted by atomic mass is 16.1. The maximum atomic E-state index is 12.2. The van der Waals surface area contributed by atoms with Gasteiger partial charge in [0, 0.05) is 61.3 Å². The van der Waals surface area contributed by atoms with Crippen LogP contribution < -0.4 is 5.32 Å². The summed E-state index contributed by atoms with van der Waals surface area (Å²) in [5, 5.41) is 5.65. The van der Waals surface area contributed by atoms with Gasteiger partial charge in [-0.15, -0.1) is 0 Å². The first-order valence-electron chi connectivity index (χ1n) is 9.96. The van der Waals surface area contributed by atoms with Crippen LogP contribution in [-0.4, -0.2) is 21.6 Å². The zero-order chi connectivity index (χ0) is 19.5. The van der Waals surface area contributed by atoms with Gasteiger partial charge in [-0.05, 0) is 42.5 Å². The van der Waals surface area contributed by atoms with Gasteiger partial charge in [0.2, 0.25) is 5.91 Å². The van der Waals surface area contributed by atoms with Crippen LogP contribution in [0.2, 0.25) is 0 Å². The largest absolute Gasteiger partial charge is 0.356 e. The Bertz CT molecular complexity index is 1030. The number of nitrogens with one attached hydrogen (secondary N) is 1. The topological polar surface area (TPSA) is 39.0 Å². The number of aromatic nitrogens is 2. The number of aryl methyl sites for hydroxylation is 3. The molecule has 0 radical (unpaired) electrons. The molecule has 1 amide bonds. The molecule has 0 aliphatic rings. The van der Waals surface area contributed by atoms with E-state index in [9.17, 15) is 4.79 Å². The summed E-state index contributed by atoms with van der Waals surface area (Å²) in [6.07, 6.45) is 7.57. The molecular formula is C24H27N3O. The number of hydrogen-bond donors (Lipinski definition) is 1. The zero-order valence-corrected chi connectivity index (χ0v) is 16.6. The lowest BCUT2D eigenvalue weighted by Gasteiger charge is -2.05. The lowest BCUT2D eigenvalue weighted by Crippen LogP contribution is -2.25. The van der Waals surface area contributed by atoms with Gasteiger partial charge in [-0.25, -0.2) is 0 Å². The van der Waals surface area contributed by atoms with E-state index in [2.05, 4.69) is 89.5 Å². The third-order valence-corrected chi connectivity index (χ3v) is 5.53. The van der Waals surface area contributed by atoms with Gasteiger partial charge in [0.05, 0.1) is 0 Å². The second-order valence-corrected chi connectivity index (χ2v) is 7.52. The predicted molar refractivity (Wildman–Crippen MR) is 115 cm³/mol. The number of amides is 1. The molecule has 2 heterocycles. The summed E-state index contributed by atoms with van der Waals surface area (Å²) in [6, 6.07) is 16.8. The quantitative estimate of drug-likeness (QED) is 0.514. The van der Waals surface area contributed by atoms with Crippen molar-refractivity contribution < 1.29 is 4.79 Å². The lowest BCUT2D eigenvalue weighted by atomic mass is 10.1. The monoisotopic (exact) mass is 373 g/mol. The molecule has 0 saturated heterocycles. The van der Waals surface area contributed by atoms with Crippen molar-refractivity contribution in [3.8, 4) is 0 Å². The highest BCUT2D eigenvalue weighted by molar-refractivity contribution is 5.85. The van der Waals surface area contributed by atoms with Crippen molar-refractivity contribution in [3.05, 3.63) is 72.1 Å². The first-order chi connectivity index (χ1) is 13.6. The van der Waals surface area contributed by atoms with Crippen LogP contribution >= 0.6 is 0 Å². The Balaban J connectivity index is 1.27. The molecule has 0 unspecified atom stereocenters. The first kappa shape index (κ1) is 18.4. The standard InChI is InChI=1S/C24H27N3O/c1-26-16-18(20-9-3-5-11-22(20)26)8-7-13-24(28)25-15-14-19-17-27(2)23-12-6-4-10-21(19)23/h3-6,9-12,16-17H,7-8,13-15H2,1-2H3,(H,25,28). The van der Waals surface area contributed by atoms with E-state index in [1.807, 2.05) is 0 Å².